The van der Waals surface area contributed by atoms with Crippen molar-refractivity contribution in [3.05, 3.63) is 127 Å². The zero-order valence-electron chi connectivity index (χ0n) is 27.7. The number of aromatic nitrogens is 2. The molecule has 0 aliphatic carbocycles. The molecular weight excluding hydrogens is 687 g/mol. The van der Waals surface area contributed by atoms with Crippen LogP contribution in [0, 0.1) is 0 Å². The Kier molecular flexibility index (Phi) is 9.29. The Bertz CT molecular complexity index is 2450. The smallest absolute Gasteiger partial charge is 0.312 e. The fraction of sp³-hybridized carbons (Fsp3) is 0.184. The molecule has 11 nitrogen and oxygen atoms in total. The van der Waals surface area contributed by atoms with Crippen molar-refractivity contribution in [3.63, 3.8) is 0 Å². The summed E-state index contributed by atoms with van der Waals surface area (Å²) >= 11 is 0. The van der Waals surface area contributed by atoms with Gasteiger partial charge in [0.1, 0.15) is 6.04 Å². The average molecular weight is 722 g/mol. The normalized spacial score (nSPS) is 14.6. The van der Waals surface area contributed by atoms with Gasteiger partial charge in [-0.05, 0) is 35.2 Å². The second-order valence-electron chi connectivity index (χ2n) is 12.4. The third-order valence-corrected chi connectivity index (χ3v) is 12.1. The molecule has 51 heavy (non-hydrogen) atoms. The van der Waals surface area contributed by atoms with Crippen molar-refractivity contribution in [1.82, 2.24) is 19.2 Å². The third kappa shape index (κ3) is 6.68. The Labute approximate surface area is 296 Å². The molecule has 6 aromatic rings. The van der Waals surface area contributed by atoms with Gasteiger partial charge in [0.25, 0.3) is 0 Å². The number of nitrogens with zero attached hydrogens (tertiary/aromatic N) is 5. The molecule has 0 unspecified atom stereocenters. The van der Waals surface area contributed by atoms with Crippen LogP contribution in [0.4, 0.5) is 5.69 Å². The molecule has 0 bridgehead atoms. The molecule has 0 saturated carbocycles. The molecule has 0 spiro atoms. The first-order chi connectivity index (χ1) is 24.5. The highest BCUT2D eigenvalue weighted by atomic mass is 32.2. The van der Waals surface area contributed by atoms with E-state index < -0.39 is 37.1 Å². The summed E-state index contributed by atoms with van der Waals surface area (Å²) in [5, 5.41) is 1.16. The number of likely N-dealkylation sites (N-methyl/N-ethyl adjacent to an activating group) is 1. The number of rotatable bonds is 9. The van der Waals surface area contributed by atoms with Crippen LogP contribution in [0.25, 0.3) is 32.8 Å². The number of piperazine rings is 1. The monoisotopic (exact) mass is 721 g/mol. The number of carbonyl (C=O) groups excluding carboxylic acids is 1. The number of fused-ring (bicyclic) bond motifs is 2. The quantitative estimate of drug-likeness (QED) is 0.198. The highest BCUT2D eigenvalue weighted by Gasteiger charge is 2.38. The zero-order chi connectivity index (χ0) is 35.8. The van der Waals surface area contributed by atoms with Crippen LogP contribution in [0.5, 0.6) is 0 Å². The number of para-hydroxylation sites is 1. The minimum absolute atomic E-state index is 0.0320. The zero-order valence-corrected chi connectivity index (χ0v) is 29.3. The third-order valence-electron chi connectivity index (χ3n) is 9.41. The summed E-state index contributed by atoms with van der Waals surface area (Å²) in [4.78, 5) is 27.3. The van der Waals surface area contributed by atoms with E-state index in [9.17, 15) is 26.2 Å². The maximum atomic E-state index is 14.8. The molecule has 7 rings (SSSR count). The van der Waals surface area contributed by atoms with E-state index in [1.54, 1.807) is 77.8 Å². The molecule has 1 N–H and O–H groups in total. The Hall–Kier alpha value is -5.21. The van der Waals surface area contributed by atoms with E-state index >= 15 is 0 Å². The maximum absolute atomic E-state index is 14.8. The van der Waals surface area contributed by atoms with Crippen LogP contribution in [0.2, 0.25) is 0 Å². The predicted molar refractivity (Wildman–Crippen MR) is 196 cm³/mol. The number of sulfonamides is 1. The summed E-state index contributed by atoms with van der Waals surface area (Å²) in [6.07, 6.45) is 2.98. The van der Waals surface area contributed by atoms with Gasteiger partial charge in [-0.1, -0.05) is 84.9 Å². The van der Waals surface area contributed by atoms with E-state index in [0.717, 1.165) is 9.99 Å². The number of benzene rings is 4. The van der Waals surface area contributed by atoms with E-state index in [4.69, 9.17) is 0 Å². The van der Waals surface area contributed by atoms with Crippen molar-refractivity contribution in [3.8, 4) is 11.3 Å². The molecule has 1 amide bonds. The van der Waals surface area contributed by atoms with Crippen LogP contribution in [-0.4, -0.2) is 85.7 Å². The molecule has 260 valence electrons. The lowest BCUT2D eigenvalue weighted by molar-refractivity contribution is -0.135. The number of pyridine rings is 2. The van der Waals surface area contributed by atoms with E-state index in [1.807, 2.05) is 30.3 Å². The van der Waals surface area contributed by atoms with Crippen molar-refractivity contribution < 1.29 is 26.2 Å². The number of hydrogen-bond acceptors (Lipinski definition) is 8. The van der Waals surface area contributed by atoms with Crippen molar-refractivity contribution in [2.45, 2.75) is 22.4 Å². The second-order valence-corrected chi connectivity index (χ2v) is 15.7. The fourth-order valence-corrected chi connectivity index (χ4v) is 8.95. The van der Waals surface area contributed by atoms with Gasteiger partial charge in [0.2, 0.25) is 15.9 Å². The summed E-state index contributed by atoms with van der Waals surface area (Å²) in [6, 6.07) is 30.6. The first-order valence-corrected chi connectivity index (χ1v) is 19.3. The van der Waals surface area contributed by atoms with Crippen LogP contribution >= 0.6 is 0 Å². The Morgan fingerprint density at radius 2 is 1.43 bits per heavy atom. The van der Waals surface area contributed by atoms with Crippen molar-refractivity contribution in [2.24, 2.45) is 0 Å². The Morgan fingerprint density at radius 3 is 2.12 bits per heavy atom. The minimum atomic E-state index is -4.77. The van der Waals surface area contributed by atoms with Gasteiger partial charge in [-0.2, -0.15) is 12.7 Å². The molecule has 4 aromatic carbocycles. The summed E-state index contributed by atoms with van der Waals surface area (Å²) in [6.45, 7) is 1.84. The summed E-state index contributed by atoms with van der Waals surface area (Å²) in [5.74, 6) is -0.391. The van der Waals surface area contributed by atoms with Crippen LogP contribution < -0.4 is 4.90 Å². The lowest BCUT2D eigenvalue weighted by Gasteiger charge is -2.39. The van der Waals surface area contributed by atoms with Crippen LogP contribution in [0.15, 0.2) is 132 Å². The topological polar surface area (TPSA) is 141 Å². The largest absolute Gasteiger partial charge is 0.368 e. The van der Waals surface area contributed by atoms with Gasteiger partial charge in [0.05, 0.1) is 10.6 Å². The number of hydrogen-bond donors (Lipinski definition) is 1. The molecule has 1 aliphatic heterocycles. The Balaban J connectivity index is 1.36. The van der Waals surface area contributed by atoms with E-state index in [2.05, 4.69) is 14.9 Å². The molecule has 2 aromatic heterocycles. The summed E-state index contributed by atoms with van der Waals surface area (Å²) in [7, 11) is -7.65. The van der Waals surface area contributed by atoms with Crippen LogP contribution in [-0.2, 0) is 31.4 Å². The van der Waals surface area contributed by atoms with Gasteiger partial charge in [-0.3, -0.25) is 14.3 Å². The van der Waals surface area contributed by atoms with Crippen molar-refractivity contribution in [2.75, 3.05) is 38.1 Å². The predicted octanol–water partition coefficient (Wildman–Crippen LogP) is 5.28. The van der Waals surface area contributed by atoms with Crippen molar-refractivity contribution >= 4 is 53.3 Å². The molecule has 1 atom stereocenters. The van der Waals surface area contributed by atoms with Crippen molar-refractivity contribution in [1.29, 1.82) is 0 Å². The molecule has 13 heteroatoms. The summed E-state index contributed by atoms with van der Waals surface area (Å²) in [5.41, 5.74) is 2.26. The number of carbonyl (C=O) groups is 1. The lowest BCUT2D eigenvalue weighted by atomic mass is 9.94. The standard InChI is InChI=1S/C38H35N5O6S2/c1-41(50(45,46)35-18-10-13-28-26-39-20-19-30(28)35)34(38(44)43-23-21-42(22-24-43)29-14-6-3-7-15-29)25-33-31-16-8-9-17-32(31)37(51(47,48)49)40-36(33)27-11-4-2-5-12-27/h2-20,26,34H,21-25H2,1H3,(H,47,48,49)/t34-/m0/s1. The van der Waals surface area contributed by atoms with Crippen LogP contribution in [0.1, 0.15) is 5.56 Å². The number of amides is 1. The lowest BCUT2D eigenvalue weighted by Crippen LogP contribution is -2.56. The van der Waals surface area contributed by atoms with Gasteiger partial charge in [0, 0.05) is 79.5 Å². The van der Waals surface area contributed by atoms with E-state index in [0.29, 0.717) is 53.5 Å². The van der Waals surface area contributed by atoms with E-state index in [-0.39, 0.29) is 22.4 Å². The summed E-state index contributed by atoms with van der Waals surface area (Å²) < 4.78 is 65.9. The molecule has 0 radical (unpaired) electrons. The first-order valence-electron chi connectivity index (χ1n) is 16.4. The van der Waals surface area contributed by atoms with Crippen LogP contribution in [0.3, 0.4) is 0 Å². The van der Waals surface area contributed by atoms with Gasteiger partial charge in [0.15, 0.2) is 5.03 Å². The van der Waals surface area contributed by atoms with E-state index in [1.165, 1.54) is 25.4 Å². The molecule has 1 aliphatic rings. The van der Waals surface area contributed by atoms with Gasteiger partial charge >= 0.3 is 10.1 Å². The van der Waals surface area contributed by atoms with Gasteiger partial charge in [-0.15, -0.1) is 0 Å². The highest BCUT2D eigenvalue weighted by molar-refractivity contribution is 7.89. The van der Waals surface area contributed by atoms with Gasteiger partial charge in [-0.25, -0.2) is 13.4 Å². The molecule has 1 saturated heterocycles. The maximum Gasteiger partial charge on any atom is 0.312 e. The Morgan fingerprint density at radius 1 is 0.784 bits per heavy atom. The number of anilines is 1. The highest BCUT2D eigenvalue weighted by Crippen LogP contribution is 2.35. The fourth-order valence-electron chi connectivity index (χ4n) is 6.77. The molecule has 3 heterocycles. The second kappa shape index (κ2) is 13.8. The molecule has 1 fully saturated rings. The average Bonchev–Trinajstić information content (AvgIpc) is 3.16. The first kappa shape index (κ1) is 34.2. The van der Waals surface area contributed by atoms with Gasteiger partial charge < -0.3 is 9.80 Å². The SMILES string of the molecule is CN([C@@H](Cc1c(-c2ccccc2)nc(S(=O)(=O)O)c2ccccc12)C(=O)N1CCN(c2ccccc2)CC1)S(=O)(=O)c1cccc2cnccc12. The minimum Gasteiger partial charge on any atom is -0.368 e. The molecular formula is C38H35N5O6S2.